The Hall–Kier alpha value is -1.84. The monoisotopic (exact) mass is 380 g/mol. The number of hydrogen-bond acceptors (Lipinski definition) is 2. The van der Waals surface area contributed by atoms with Gasteiger partial charge in [-0.05, 0) is 68.8 Å². The lowest BCUT2D eigenvalue weighted by molar-refractivity contribution is -0.160. The van der Waals surface area contributed by atoms with Crippen LogP contribution in [0.5, 0.6) is 0 Å². The molecule has 4 nitrogen and oxygen atoms in total. The molecular formula is C24H32N2O2. The van der Waals surface area contributed by atoms with E-state index in [2.05, 4.69) is 24.0 Å². The van der Waals surface area contributed by atoms with E-state index < -0.39 is 0 Å². The number of rotatable bonds is 3. The largest absolute Gasteiger partial charge is 0.339 e. The molecule has 0 radical (unpaired) electrons. The van der Waals surface area contributed by atoms with Gasteiger partial charge in [-0.2, -0.15) is 0 Å². The van der Waals surface area contributed by atoms with E-state index in [0.29, 0.717) is 38.5 Å². The lowest BCUT2D eigenvalue weighted by Crippen LogP contribution is -2.58. The standard InChI is InChI=1S/C24H32N2O2/c1-17-2-4-18(5-3-17)13-22(27)25-6-8-26(9-7-25)23(28)24-14-19-10-20(15-24)12-21(11-19)16-24/h2-5,19-21H,6-16H2,1H3. The number of carbonyl (C=O) groups excluding carboxylic acids is 2. The maximum Gasteiger partial charge on any atom is 0.228 e. The fourth-order valence-corrected chi connectivity index (χ4v) is 6.86. The fraction of sp³-hybridized carbons (Fsp3) is 0.667. The Balaban J connectivity index is 1.18. The number of carbonyl (C=O) groups is 2. The Morgan fingerprint density at radius 3 is 1.89 bits per heavy atom. The Kier molecular flexibility index (Phi) is 4.48. The molecule has 1 aromatic rings. The molecule has 0 N–H and O–H groups in total. The third kappa shape index (κ3) is 3.25. The van der Waals surface area contributed by atoms with Crippen molar-refractivity contribution in [3.8, 4) is 0 Å². The van der Waals surface area contributed by atoms with Crippen LogP contribution in [0.1, 0.15) is 49.7 Å². The summed E-state index contributed by atoms with van der Waals surface area (Å²) in [7, 11) is 0. The summed E-state index contributed by atoms with van der Waals surface area (Å²) in [6.07, 6.45) is 7.96. The minimum absolute atomic E-state index is 0.0528. The van der Waals surface area contributed by atoms with Crippen molar-refractivity contribution in [2.75, 3.05) is 26.2 Å². The highest BCUT2D eigenvalue weighted by Crippen LogP contribution is 2.60. The van der Waals surface area contributed by atoms with Crippen molar-refractivity contribution in [2.45, 2.75) is 51.9 Å². The van der Waals surface area contributed by atoms with Crippen LogP contribution in [0, 0.1) is 30.1 Å². The average Bonchev–Trinajstić information content (AvgIpc) is 2.68. The van der Waals surface area contributed by atoms with Crippen LogP contribution in [0.15, 0.2) is 24.3 Å². The summed E-state index contributed by atoms with van der Waals surface area (Å²) in [5.41, 5.74) is 2.23. The summed E-state index contributed by atoms with van der Waals surface area (Å²) < 4.78 is 0. The first-order chi connectivity index (χ1) is 13.5. The van der Waals surface area contributed by atoms with Crippen LogP contribution < -0.4 is 0 Å². The number of aryl methyl sites for hydroxylation is 1. The first-order valence-electron chi connectivity index (χ1n) is 11.1. The van der Waals surface area contributed by atoms with Gasteiger partial charge in [0, 0.05) is 26.2 Å². The van der Waals surface area contributed by atoms with Gasteiger partial charge in [-0.3, -0.25) is 9.59 Å². The molecule has 150 valence electrons. The van der Waals surface area contributed by atoms with Gasteiger partial charge < -0.3 is 9.80 Å². The van der Waals surface area contributed by atoms with E-state index in [1.165, 1.54) is 24.8 Å². The maximum absolute atomic E-state index is 13.5. The van der Waals surface area contributed by atoms with Crippen molar-refractivity contribution in [1.29, 1.82) is 0 Å². The molecule has 2 amide bonds. The van der Waals surface area contributed by atoms with Crippen LogP contribution in [-0.2, 0) is 16.0 Å². The summed E-state index contributed by atoms with van der Waals surface area (Å²) in [5, 5.41) is 0. The van der Waals surface area contributed by atoms with E-state index in [0.717, 1.165) is 42.6 Å². The molecule has 1 saturated heterocycles. The summed E-state index contributed by atoms with van der Waals surface area (Å²) in [4.78, 5) is 30.2. The SMILES string of the molecule is Cc1ccc(CC(=O)N2CCN(C(=O)C34CC5CC(CC(C5)C3)C4)CC2)cc1. The van der Waals surface area contributed by atoms with Crippen LogP contribution in [0.2, 0.25) is 0 Å². The third-order valence-corrected chi connectivity index (χ3v) is 7.89. The first kappa shape index (κ1) is 18.2. The van der Waals surface area contributed by atoms with Gasteiger partial charge in [0.05, 0.1) is 11.8 Å². The Labute approximate surface area is 168 Å². The molecule has 5 aliphatic rings. The van der Waals surface area contributed by atoms with Gasteiger partial charge in [0.15, 0.2) is 0 Å². The molecule has 6 rings (SSSR count). The first-order valence-corrected chi connectivity index (χ1v) is 11.1. The Morgan fingerprint density at radius 1 is 0.857 bits per heavy atom. The number of benzene rings is 1. The molecule has 1 heterocycles. The normalized spacial score (nSPS) is 34.0. The predicted octanol–water partition coefficient (Wildman–Crippen LogP) is 3.42. The quantitative estimate of drug-likeness (QED) is 0.806. The zero-order valence-corrected chi connectivity index (χ0v) is 17.0. The summed E-state index contributed by atoms with van der Waals surface area (Å²) in [5.74, 6) is 3.00. The van der Waals surface area contributed by atoms with Crippen molar-refractivity contribution < 1.29 is 9.59 Å². The van der Waals surface area contributed by atoms with Gasteiger partial charge in [0.25, 0.3) is 0 Å². The number of nitrogens with zero attached hydrogens (tertiary/aromatic N) is 2. The van der Waals surface area contributed by atoms with E-state index in [9.17, 15) is 9.59 Å². The number of piperazine rings is 1. The molecule has 5 fully saturated rings. The smallest absolute Gasteiger partial charge is 0.228 e. The van der Waals surface area contributed by atoms with Gasteiger partial charge in [-0.1, -0.05) is 29.8 Å². The summed E-state index contributed by atoms with van der Waals surface area (Å²) in [6, 6.07) is 8.20. The van der Waals surface area contributed by atoms with Gasteiger partial charge in [0.1, 0.15) is 0 Å². The lowest BCUT2D eigenvalue weighted by atomic mass is 9.49. The van der Waals surface area contributed by atoms with Crippen LogP contribution in [0.3, 0.4) is 0 Å². The van der Waals surface area contributed by atoms with Crippen LogP contribution in [-0.4, -0.2) is 47.8 Å². The van der Waals surface area contributed by atoms with E-state index in [4.69, 9.17) is 0 Å². The van der Waals surface area contributed by atoms with E-state index in [1.807, 2.05) is 17.0 Å². The van der Waals surface area contributed by atoms with Gasteiger partial charge in [0.2, 0.25) is 11.8 Å². The molecular weight excluding hydrogens is 348 g/mol. The molecule has 0 aromatic heterocycles. The second kappa shape index (κ2) is 6.89. The van der Waals surface area contributed by atoms with E-state index in [-0.39, 0.29) is 11.3 Å². The van der Waals surface area contributed by atoms with Crippen molar-refractivity contribution in [1.82, 2.24) is 9.80 Å². The zero-order valence-electron chi connectivity index (χ0n) is 17.0. The van der Waals surface area contributed by atoms with Crippen molar-refractivity contribution in [2.24, 2.45) is 23.2 Å². The Bertz CT molecular complexity index is 726. The molecule has 4 heteroatoms. The molecule has 1 aromatic carbocycles. The van der Waals surface area contributed by atoms with Crippen LogP contribution >= 0.6 is 0 Å². The Morgan fingerprint density at radius 2 is 1.36 bits per heavy atom. The van der Waals surface area contributed by atoms with Gasteiger partial charge >= 0.3 is 0 Å². The molecule has 4 aliphatic carbocycles. The van der Waals surface area contributed by atoms with Crippen molar-refractivity contribution in [3.63, 3.8) is 0 Å². The van der Waals surface area contributed by atoms with Crippen LogP contribution in [0.25, 0.3) is 0 Å². The van der Waals surface area contributed by atoms with Gasteiger partial charge in [-0.25, -0.2) is 0 Å². The molecule has 1 aliphatic heterocycles. The van der Waals surface area contributed by atoms with Crippen molar-refractivity contribution >= 4 is 11.8 Å². The third-order valence-electron chi connectivity index (χ3n) is 7.89. The molecule has 28 heavy (non-hydrogen) atoms. The molecule has 4 saturated carbocycles. The molecule has 0 unspecified atom stereocenters. The van der Waals surface area contributed by atoms with Crippen LogP contribution in [0.4, 0.5) is 0 Å². The highest BCUT2D eigenvalue weighted by molar-refractivity contribution is 5.84. The minimum Gasteiger partial charge on any atom is -0.339 e. The van der Waals surface area contributed by atoms with Gasteiger partial charge in [-0.15, -0.1) is 0 Å². The second-order valence-corrected chi connectivity index (χ2v) is 10.0. The predicted molar refractivity (Wildman–Crippen MR) is 109 cm³/mol. The minimum atomic E-state index is -0.0528. The number of amides is 2. The molecule has 0 atom stereocenters. The molecule has 4 bridgehead atoms. The average molecular weight is 381 g/mol. The zero-order chi connectivity index (χ0) is 19.3. The highest BCUT2D eigenvalue weighted by Gasteiger charge is 2.55. The lowest BCUT2D eigenvalue weighted by Gasteiger charge is -2.57. The van der Waals surface area contributed by atoms with E-state index >= 15 is 0 Å². The second-order valence-electron chi connectivity index (χ2n) is 10.0. The summed E-state index contributed by atoms with van der Waals surface area (Å²) >= 11 is 0. The number of hydrogen-bond donors (Lipinski definition) is 0. The fourth-order valence-electron chi connectivity index (χ4n) is 6.86. The highest BCUT2D eigenvalue weighted by atomic mass is 16.2. The maximum atomic E-state index is 13.5. The topological polar surface area (TPSA) is 40.6 Å². The summed E-state index contributed by atoms with van der Waals surface area (Å²) in [6.45, 7) is 4.84. The molecule has 0 spiro atoms. The van der Waals surface area contributed by atoms with Crippen molar-refractivity contribution in [3.05, 3.63) is 35.4 Å². The van der Waals surface area contributed by atoms with E-state index in [1.54, 1.807) is 0 Å².